The Morgan fingerprint density at radius 3 is 2.68 bits per heavy atom. The molecule has 2 atom stereocenters. The van der Waals surface area contributed by atoms with Crippen LogP contribution < -0.4 is 5.32 Å². The molecule has 108 valence electrons. The number of rotatable bonds is 9. The van der Waals surface area contributed by atoms with Gasteiger partial charge < -0.3 is 5.32 Å². The fraction of sp³-hybridized carbons (Fsp3) is 0.647. The van der Waals surface area contributed by atoms with Gasteiger partial charge in [0.05, 0.1) is 0 Å². The molecule has 0 fully saturated rings. The summed E-state index contributed by atoms with van der Waals surface area (Å²) in [6.45, 7) is 9.06. The Morgan fingerprint density at radius 2 is 2.05 bits per heavy atom. The molecule has 0 radical (unpaired) electrons. The summed E-state index contributed by atoms with van der Waals surface area (Å²) in [6, 6.07) is 8.74. The molecule has 0 aliphatic rings. The highest BCUT2D eigenvalue weighted by molar-refractivity contribution is 9.10. The van der Waals surface area contributed by atoms with Crippen molar-refractivity contribution in [2.75, 3.05) is 13.1 Å². The van der Waals surface area contributed by atoms with E-state index in [9.17, 15) is 0 Å². The predicted octanol–water partition coefficient (Wildman–Crippen LogP) is 5.04. The third kappa shape index (κ3) is 7.12. The van der Waals surface area contributed by atoms with Crippen molar-refractivity contribution in [1.82, 2.24) is 5.32 Å². The lowest BCUT2D eigenvalue weighted by Gasteiger charge is -2.21. The molecule has 1 aromatic carbocycles. The van der Waals surface area contributed by atoms with Gasteiger partial charge in [0.2, 0.25) is 0 Å². The summed E-state index contributed by atoms with van der Waals surface area (Å²) in [7, 11) is 0. The van der Waals surface area contributed by atoms with Crippen LogP contribution in [-0.4, -0.2) is 13.1 Å². The van der Waals surface area contributed by atoms with Crippen LogP contribution in [0.15, 0.2) is 28.7 Å². The van der Waals surface area contributed by atoms with Gasteiger partial charge in [-0.3, -0.25) is 0 Å². The Balaban J connectivity index is 2.57. The molecule has 2 heteroatoms. The molecule has 0 heterocycles. The Bertz CT molecular complexity index is 351. The normalized spacial score (nSPS) is 14.3. The fourth-order valence-electron chi connectivity index (χ4n) is 2.76. The van der Waals surface area contributed by atoms with Crippen LogP contribution in [-0.2, 0) is 6.42 Å². The zero-order valence-corrected chi connectivity index (χ0v) is 14.2. The van der Waals surface area contributed by atoms with Gasteiger partial charge in [-0.25, -0.2) is 0 Å². The maximum absolute atomic E-state index is 3.56. The van der Waals surface area contributed by atoms with Gasteiger partial charge in [-0.2, -0.15) is 0 Å². The number of halogens is 1. The Labute approximate surface area is 127 Å². The summed E-state index contributed by atoms with van der Waals surface area (Å²) in [5.41, 5.74) is 1.45. The Hall–Kier alpha value is -0.340. The van der Waals surface area contributed by atoms with Crippen molar-refractivity contribution < 1.29 is 0 Å². The van der Waals surface area contributed by atoms with E-state index in [4.69, 9.17) is 0 Å². The summed E-state index contributed by atoms with van der Waals surface area (Å²) < 4.78 is 1.19. The Kier molecular flexibility index (Phi) is 8.40. The van der Waals surface area contributed by atoms with E-state index in [2.05, 4.69) is 66.3 Å². The van der Waals surface area contributed by atoms with E-state index in [1.165, 1.54) is 35.7 Å². The molecule has 19 heavy (non-hydrogen) atoms. The highest BCUT2D eigenvalue weighted by Gasteiger charge is 2.13. The fourth-order valence-corrected chi connectivity index (χ4v) is 3.21. The van der Waals surface area contributed by atoms with Gasteiger partial charge in [-0.1, -0.05) is 61.7 Å². The molecular formula is C17H28BrN. The summed E-state index contributed by atoms with van der Waals surface area (Å²) in [5.74, 6) is 1.58. The number of hydrogen-bond donors (Lipinski definition) is 1. The van der Waals surface area contributed by atoms with Crippen LogP contribution in [0.25, 0.3) is 0 Å². The highest BCUT2D eigenvalue weighted by atomic mass is 79.9. The second kappa shape index (κ2) is 9.55. The van der Waals surface area contributed by atoms with Crippen LogP contribution in [0.4, 0.5) is 0 Å². The molecule has 0 spiro atoms. The number of benzene rings is 1. The number of hydrogen-bond acceptors (Lipinski definition) is 1. The lowest BCUT2D eigenvalue weighted by atomic mass is 9.88. The van der Waals surface area contributed by atoms with Gasteiger partial charge in [0, 0.05) is 4.47 Å². The van der Waals surface area contributed by atoms with Gasteiger partial charge in [0.15, 0.2) is 0 Å². The average Bonchev–Trinajstić information content (AvgIpc) is 2.36. The number of nitrogens with one attached hydrogen (secondary N) is 1. The molecule has 1 aromatic rings. The van der Waals surface area contributed by atoms with Crippen molar-refractivity contribution in [2.24, 2.45) is 11.8 Å². The summed E-state index contributed by atoms with van der Waals surface area (Å²) in [4.78, 5) is 0. The summed E-state index contributed by atoms with van der Waals surface area (Å²) in [6.07, 6.45) is 5.15. The molecule has 0 aliphatic heterocycles. The van der Waals surface area contributed by atoms with Gasteiger partial charge in [-0.05, 0) is 55.5 Å². The molecule has 1 N–H and O–H groups in total. The van der Waals surface area contributed by atoms with Crippen LogP contribution in [0.1, 0.15) is 45.6 Å². The van der Waals surface area contributed by atoms with E-state index in [1.54, 1.807) is 0 Å². The lowest BCUT2D eigenvalue weighted by Crippen LogP contribution is -2.25. The first-order valence-electron chi connectivity index (χ1n) is 7.60. The Morgan fingerprint density at radius 1 is 1.26 bits per heavy atom. The summed E-state index contributed by atoms with van der Waals surface area (Å²) in [5, 5.41) is 3.52. The first-order valence-corrected chi connectivity index (χ1v) is 8.40. The van der Waals surface area contributed by atoms with Gasteiger partial charge >= 0.3 is 0 Å². The smallest absolute Gasteiger partial charge is 0.0177 e. The second-order valence-corrected chi connectivity index (χ2v) is 6.55. The van der Waals surface area contributed by atoms with Crippen LogP contribution in [0.2, 0.25) is 0 Å². The predicted molar refractivity (Wildman–Crippen MR) is 88.6 cm³/mol. The van der Waals surface area contributed by atoms with Crippen LogP contribution >= 0.6 is 15.9 Å². The molecule has 0 saturated carbocycles. The van der Waals surface area contributed by atoms with Crippen molar-refractivity contribution in [1.29, 1.82) is 0 Å². The molecule has 0 saturated heterocycles. The maximum Gasteiger partial charge on any atom is 0.0177 e. The maximum atomic E-state index is 3.56. The van der Waals surface area contributed by atoms with Crippen molar-refractivity contribution in [2.45, 2.75) is 46.5 Å². The average molecular weight is 326 g/mol. The second-order valence-electron chi connectivity index (χ2n) is 5.64. The SMILES string of the molecule is CCCC(C)CC(CNCC)Cc1cccc(Br)c1. The molecule has 0 bridgehead atoms. The minimum Gasteiger partial charge on any atom is -0.317 e. The third-order valence-corrected chi connectivity index (χ3v) is 4.11. The van der Waals surface area contributed by atoms with Crippen molar-refractivity contribution in [3.8, 4) is 0 Å². The van der Waals surface area contributed by atoms with Gasteiger partial charge in [0.25, 0.3) is 0 Å². The third-order valence-electron chi connectivity index (χ3n) is 3.61. The van der Waals surface area contributed by atoms with E-state index in [0.717, 1.165) is 24.9 Å². The van der Waals surface area contributed by atoms with E-state index >= 15 is 0 Å². The molecule has 0 aliphatic carbocycles. The van der Waals surface area contributed by atoms with Gasteiger partial charge in [-0.15, -0.1) is 0 Å². The van der Waals surface area contributed by atoms with Crippen LogP contribution in [0.3, 0.4) is 0 Å². The largest absolute Gasteiger partial charge is 0.317 e. The van der Waals surface area contributed by atoms with E-state index < -0.39 is 0 Å². The van der Waals surface area contributed by atoms with Crippen molar-refractivity contribution in [3.05, 3.63) is 34.3 Å². The van der Waals surface area contributed by atoms with E-state index in [0.29, 0.717) is 0 Å². The van der Waals surface area contributed by atoms with E-state index in [-0.39, 0.29) is 0 Å². The minimum absolute atomic E-state index is 0.746. The first kappa shape index (κ1) is 16.7. The van der Waals surface area contributed by atoms with Gasteiger partial charge in [0.1, 0.15) is 0 Å². The van der Waals surface area contributed by atoms with Crippen molar-refractivity contribution >= 4 is 15.9 Å². The molecule has 1 rings (SSSR count). The zero-order chi connectivity index (χ0) is 14.1. The zero-order valence-electron chi connectivity index (χ0n) is 12.6. The van der Waals surface area contributed by atoms with E-state index in [1.807, 2.05) is 0 Å². The van der Waals surface area contributed by atoms with Crippen LogP contribution in [0, 0.1) is 11.8 Å². The molecular weight excluding hydrogens is 298 g/mol. The molecule has 2 unspecified atom stereocenters. The van der Waals surface area contributed by atoms with Crippen LogP contribution in [0.5, 0.6) is 0 Å². The monoisotopic (exact) mass is 325 g/mol. The topological polar surface area (TPSA) is 12.0 Å². The van der Waals surface area contributed by atoms with Crippen molar-refractivity contribution in [3.63, 3.8) is 0 Å². The molecule has 0 amide bonds. The highest BCUT2D eigenvalue weighted by Crippen LogP contribution is 2.22. The summed E-state index contributed by atoms with van der Waals surface area (Å²) >= 11 is 3.56. The first-order chi connectivity index (χ1) is 9.15. The molecule has 1 nitrogen and oxygen atoms in total. The quantitative estimate of drug-likeness (QED) is 0.670. The minimum atomic E-state index is 0.746. The standard InChI is InChI=1S/C17H28BrN/c1-4-7-14(3)10-16(13-19-5-2)11-15-8-6-9-17(18)12-15/h6,8-9,12,14,16,19H,4-5,7,10-11,13H2,1-3H3. The lowest BCUT2D eigenvalue weighted by molar-refractivity contribution is 0.356. The molecule has 0 aromatic heterocycles.